The summed E-state index contributed by atoms with van der Waals surface area (Å²) in [6.45, 7) is 6.19. The van der Waals surface area contributed by atoms with Crippen LogP contribution >= 0.6 is 0 Å². The van der Waals surface area contributed by atoms with Gasteiger partial charge in [0, 0.05) is 12.0 Å². The highest BCUT2D eigenvalue weighted by molar-refractivity contribution is 5.83. The first kappa shape index (κ1) is 13.6. The Morgan fingerprint density at radius 3 is 2.74 bits per heavy atom. The lowest BCUT2D eigenvalue weighted by molar-refractivity contribution is -0.133. The molecule has 1 aliphatic carbocycles. The number of rotatable bonds is 4. The summed E-state index contributed by atoms with van der Waals surface area (Å²) < 4.78 is 0. The van der Waals surface area contributed by atoms with E-state index in [1.165, 1.54) is 11.1 Å². The van der Waals surface area contributed by atoms with E-state index in [-0.39, 0.29) is 24.4 Å². The Labute approximate surface area is 114 Å². The third-order valence-electron chi connectivity index (χ3n) is 3.84. The smallest absolute Gasteiger partial charge is 0.227 e. The first-order valence-electron chi connectivity index (χ1n) is 6.79. The van der Waals surface area contributed by atoms with E-state index in [0.717, 1.165) is 6.42 Å². The fourth-order valence-electron chi connectivity index (χ4n) is 2.62. The SMILES string of the molecule is Cc1ccccc1C1CC1C(=O)N(CC#N)C(C)C. The molecule has 1 aliphatic rings. The predicted molar refractivity (Wildman–Crippen MR) is 74.5 cm³/mol. The molecule has 3 nitrogen and oxygen atoms in total. The van der Waals surface area contributed by atoms with Crippen molar-refractivity contribution in [3.8, 4) is 6.07 Å². The molecule has 0 aliphatic heterocycles. The monoisotopic (exact) mass is 256 g/mol. The van der Waals surface area contributed by atoms with E-state index in [1.54, 1.807) is 4.90 Å². The Morgan fingerprint density at radius 2 is 2.16 bits per heavy atom. The number of aryl methyl sites for hydroxylation is 1. The Balaban J connectivity index is 2.08. The molecule has 0 heterocycles. The van der Waals surface area contributed by atoms with Crippen LogP contribution in [0.4, 0.5) is 0 Å². The number of hydrogen-bond donors (Lipinski definition) is 0. The second-order valence-electron chi connectivity index (χ2n) is 5.52. The molecule has 0 bridgehead atoms. The molecule has 1 aromatic carbocycles. The van der Waals surface area contributed by atoms with Crippen molar-refractivity contribution in [2.24, 2.45) is 5.92 Å². The second-order valence-corrected chi connectivity index (χ2v) is 5.52. The van der Waals surface area contributed by atoms with Gasteiger partial charge in [-0.2, -0.15) is 5.26 Å². The van der Waals surface area contributed by atoms with E-state index in [1.807, 2.05) is 26.0 Å². The van der Waals surface area contributed by atoms with Gasteiger partial charge in [0.05, 0.1) is 6.07 Å². The quantitative estimate of drug-likeness (QED) is 0.777. The van der Waals surface area contributed by atoms with Crippen molar-refractivity contribution < 1.29 is 4.79 Å². The fraction of sp³-hybridized carbons (Fsp3) is 0.500. The predicted octanol–water partition coefficient (Wildman–Crippen LogP) is 2.86. The summed E-state index contributed by atoms with van der Waals surface area (Å²) in [6, 6.07) is 10.4. The van der Waals surface area contributed by atoms with Crippen molar-refractivity contribution in [1.82, 2.24) is 4.90 Å². The summed E-state index contributed by atoms with van der Waals surface area (Å²) in [5, 5.41) is 8.82. The number of benzene rings is 1. The zero-order valence-electron chi connectivity index (χ0n) is 11.8. The highest BCUT2D eigenvalue weighted by Gasteiger charge is 2.46. The zero-order chi connectivity index (χ0) is 14.0. The van der Waals surface area contributed by atoms with Crippen LogP contribution in [0.2, 0.25) is 0 Å². The van der Waals surface area contributed by atoms with Crippen LogP contribution < -0.4 is 0 Å². The molecule has 19 heavy (non-hydrogen) atoms. The van der Waals surface area contributed by atoms with Crippen molar-refractivity contribution in [3.63, 3.8) is 0 Å². The van der Waals surface area contributed by atoms with Crippen LogP contribution in [-0.4, -0.2) is 23.4 Å². The standard InChI is InChI=1S/C16H20N2O/c1-11(2)18(9-8-17)16(19)15-10-14(15)13-7-5-4-6-12(13)3/h4-7,11,14-15H,9-10H2,1-3H3. The van der Waals surface area contributed by atoms with Crippen LogP contribution in [-0.2, 0) is 4.79 Å². The zero-order valence-corrected chi connectivity index (χ0v) is 11.8. The van der Waals surface area contributed by atoms with E-state index in [9.17, 15) is 4.79 Å². The van der Waals surface area contributed by atoms with Gasteiger partial charge in [-0.05, 0) is 44.2 Å². The van der Waals surface area contributed by atoms with Crippen molar-refractivity contribution in [3.05, 3.63) is 35.4 Å². The van der Waals surface area contributed by atoms with Gasteiger partial charge >= 0.3 is 0 Å². The molecule has 0 saturated heterocycles. The largest absolute Gasteiger partial charge is 0.327 e. The average Bonchev–Trinajstić information content (AvgIpc) is 3.15. The second kappa shape index (κ2) is 5.44. The molecule has 1 saturated carbocycles. The molecule has 3 heteroatoms. The van der Waals surface area contributed by atoms with Crippen LogP contribution in [0.25, 0.3) is 0 Å². The lowest BCUT2D eigenvalue weighted by Crippen LogP contribution is -2.38. The minimum absolute atomic E-state index is 0.0665. The van der Waals surface area contributed by atoms with Crippen molar-refractivity contribution in [2.45, 2.75) is 39.2 Å². The summed E-state index contributed by atoms with van der Waals surface area (Å²) in [5.74, 6) is 0.537. The van der Waals surface area contributed by atoms with E-state index < -0.39 is 0 Å². The molecule has 0 N–H and O–H groups in total. The first-order valence-corrected chi connectivity index (χ1v) is 6.79. The summed E-state index contributed by atoms with van der Waals surface area (Å²) in [5.41, 5.74) is 2.53. The Morgan fingerprint density at radius 1 is 1.47 bits per heavy atom. The Kier molecular flexibility index (Phi) is 3.90. The van der Waals surface area contributed by atoms with Gasteiger partial charge in [-0.15, -0.1) is 0 Å². The van der Waals surface area contributed by atoms with Gasteiger partial charge in [0.15, 0.2) is 0 Å². The van der Waals surface area contributed by atoms with Crippen molar-refractivity contribution in [2.75, 3.05) is 6.54 Å². The van der Waals surface area contributed by atoms with Gasteiger partial charge in [0.25, 0.3) is 0 Å². The number of nitriles is 1. The molecule has 2 rings (SSSR count). The molecule has 0 aromatic heterocycles. The van der Waals surface area contributed by atoms with Gasteiger partial charge in [-0.3, -0.25) is 4.79 Å². The number of amides is 1. The van der Waals surface area contributed by atoms with E-state index in [2.05, 4.69) is 25.1 Å². The molecule has 2 unspecified atom stereocenters. The summed E-state index contributed by atoms with van der Waals surface area (Å²) in [6.07, 6.45) is 0.915. The van der Waals surface area contributed by atoms with Crippen LogP contribution in [0.3, 0.4) is 0 Å². The molecule has 2 atom stereocenters. The molecule has 0 spiro atoms. The number of nitrogens with zero attached hydrogens (tertiary/aromatic N) is 2. The molecule has 100 valence electrons. The number of hydrogen-bond acceptors (Lipinski definition) is 2. The maximum atomic E-state index is 12.4. The topological polar surface area (TPSA) is 44.1 Å². The van der Waals surface area contributed by atoms with Crippen LogP contribution in [0.15, 0.2) is 24.3 Å². The lowest BCUT2D eigenvalue weighted by Gasteiger charge is -2.24. The van der Waals surface area contributed by atoms with E-state index >= 15 is 0 Å². The van der Waals surface area contributed by atoms with Gasteiger partial charge in [0.2, 0.25) is 5.91 Å². The van der Waals surface area contributed by atoms with Crippen LogP contribution in [0, 0.1) is 24.2 Å². The summed E-state index contributed by atoms with van der Waals surface area (Å²) in [4.78, 5) is 14.1. The number of carbonyl (C=O) groups excluding carboxylic acids is 1. The highest BCUT2D eigenvalue weighted by Crippen LogP contribution is 2.49. The lowest BCUT2D eigenvalue weighted by atomic mass is 10.0. The van der Waals surface area contributed by atoms with E-state index in [4.69, 9.17) is 5.26 Å². The van der Waals surface area contributed by atoms with Gasteiger partial charge in [-0.1, -0.05) is 24.3 Å². The molecule has 1 aromatic rings. The van der Waals surface area contributed by atoms with Crippen LogP contribution in [0.1, 0.15) is 37.3 Å². The maximum absolute atomic E-state index is 12.4. The summed E-state index contributed by atoms with van der Waals surface area (Å²) >= 11 is 0. The van der Waals surface area contributed by atoms with Gasteiger partial charge < -0.3 is 4.90 Å². The van der Waals surface area contributed by atoms with Crippen LogP contribution in [0.5, 0.6) is 0 Å². The third-order valence-corrected chi connectivity index (χ3v) is 3.84. The summed E-state index contributed by atoms with van der Waals surface area (Å²) in [7, 11) is 0. The molecule has 1 fully saturated rings. The third kappa shape index (κ3) is 2.78. The van der Waals surface area contributed by atoms with Crippen molar-refractivity contribution in [1.29, 1.82) is 5.26 Å². The fourth-order valence-corrected chi connectivity index (χ4v) is 2.62. The highest BCUT2D eigenvalue weighted by atomic mass is 16.2. The molecule has 1 amide bonds. The molecule has 0 radical (unpaired) electrons. The van der Waals surface area contributed by atoms with Gasteiger partial charge in [0.1, 0.15) is 6.54 Å². The Hall–Kier alpha value is -1.82. The number of carbonyl (C=O) groups is 1. The van der Waals surface area contributed by atoms with E-state index in [0.29, 0.717) is 5.92 Å². The minimum Gasteiger partial charge on any atom is -0.327 e. The normalized spacial score (nSPS) is 21.0. The van der Waals surface area contributed by atoms with Gasteiger partial charge in [-0.25, -0.2) is 0 Å². The molecular weight excluding hydrogens is 236 g/mol. The Bertz CT molecular complexity index is 516. The molecular formula is C16H20N2O. The minimum atomic E-state index is 0.0665. The maximum Gasteiger partial charge on any atom is 0.227 e. The average molecular weight is 256 g/mol. The first-order chi connectivity index (χ1) is 9.06. The van der Waals surface area contributed by atoms with Crippen molar-refractivity contribution >= 4 is 5.91 Å².